The van der Waals surface area contributed by atoms with Crippen LogP contribution >= 0.6 is 0 Å². The Morgan fingerprint density at radius 1 is 0.780 bits per heavy atom. The number of benzene rings is 3. The molecule has 4 aromatic carbocycles. The molecule has 0 radical (unpaired) electrons. The molecule has 1 heterocycles. The third kappa shape index (κ3) is 9.31. The fourth-order valence-electron chi connectivity index (χ4n) is 4.57. The van der Waals surface area contributed by atoms with Gasteiger partial charge in [-0.2, -0.15) is 35.9 Å². The van der Waals surface area contributed by atoms with E-state index in [-0.39, 0.29) is 35.6 Å². The maximum absolute atomic E-state index is 4.94. The molecule has 41 heavy (non-hydrogen) atoms. The third-order valence-electron chi connectivity index (χ3n) is 6.95. The topological polar surface area (TPSA) is 13.1 Å². The van der Waals surface area contributed by atoms with Crippen LogP contribution in [0.4, 0.5) is 0 Å². The molecule has 0 saturated carbocycles. The molecule has 1 nitrogen and oxygen atoms in total. The summed E-state index contributed by atoms with van der Waals surface area (Å²) in [4.78, 5) is 0. The van der Waals surface area contributed by atoms with Crippen molar-refractivity contribution in [2.45, 2.75) is 58.8 Å². The third-order valence-corrected chi connectivity index (χ3v) is 7.77. The van der Waals surface area contributed by atoms with Crippen LogP contribution in [0.2, 0.25) is 0 Å². The maximum atomic E-state index is 4.94. The van der Waals surface area contributed by atoms with Crippen LogP contribution in [0.25, 0.3) is 22.3 Å². The molecule has 1 aromatic heterocycles. The number of furan rings is 1. The molecular weight excluding hydrogens is 623 g/mol. The van der Waals surface area contributed by atoms with Gasteiger partial charge >= 0.3 is 63.8 Å². The Labute approximate surface area is 273 Å². The molecule has 0 unspecified atom stereocenters. The van der Waals surface area contributed by atoms with Gasteiger partial charge in [0.25, 0.3) is 0 Å². The molecule has 0 saturated heterocycles. The van der Waals surface area contributed by atoms with Crippen molar-refractivity contribution in [3.63, 3.8) is 0 Å². The van der Waals surface area contributed by atoms with Crippen molar-refractivity contribution in [3.8, 4) is 22.3 Å². The Hall–Kier alpha value is -2.38. The first kappa shape index (κ1) is 34.8. The maximum Gasteiger partial charge on any atom is 0.0471 e. The van der Waals surface area contributed by atoms with Gasteiger partial charge in [-0.15, -0.1) is 23.3 Å². The van der Waals surface area contributed by atoms with Crippen LogP contribution in [0, 0.1) is 6.07 Å². The standard InChI is InChI=1S/C21H25.C9H7O.C7H6.2ClH.Zr/c1-20(2,3)16-7-9-18-14(12-16)11-15-13-17(21(4,5)6)8-10-19(15)18;1-2-4-8(3-1)9-5-6-10-7-9;1-7-5-3-2-4-6-7;;;/h7-10,12H,11H2,1-6H3;1-7H;1-6H;2*1H;/q2*-1;;;;+2/p-2. The molecule has 0 bridgehead atoms. The fourth-order valence-corrected chi connectivity index (χ4v) is 5.05. The molecule has 0 spiro atoms. The van der Waals surface area contributed by atoms with E-state index >= 15 is 0 Å². The average molecular weight is 661 g/mol. The number of hydrogen-bond acceptors (Lipinski definition) is 1. The quantitative estimate of drug-likeness (QED) is 0.259. The Morgan fingerprint density at radius 3 is 1.98 bits per heavy atom. The average Bonchev–Trinajstić information content (AvgIpc) is 3.69. The Balaban J connectivity index is 0.000000245. The molecule has 5 aromatic rings. The summed E-state index contributed by atoms with van der Waals surface area (Å²) in [7, 11) is 0. The van der Waals surface area contributed by atoms with Crippen molar-refractivity contribution in [2.75, 3.05) is 0 Å². The van der Waals surface area contributed by atoms with E-state index in [1.54, 1.807) is 12.5 Å². The van der Waals surface area contributed by atoms with Gasteiger partial charge in [0.2, 0.25) is 0 Å². The first-order valence-corrected chi connectivity index (χ1v) is 15.0. The van der Waals surface area contributed by atoms with Crippen LogP contribution in [-0.4, -0.2) is 3.71 Å². The van der Waals surface area contributed by atoms with Crippen molar-refractivity contribution in [1.29, 1.82) is 0 Å². The molecule has 0 amide bonds. The summed E-state index contributed by atoms with van der Waals surface area (Å²) in [5, 5.41) is 0. The van der Waals surface area contributed by atoms with Gasteiger partial charge in [-0.1, -0.05) is 82.5 Å². The van der Waals surface area contributed by atoms with Crippen molar-refractivity contribution in [1.82, 2.24) is 0 Å². The normalized spacial score (nSPS) is 11.3. The summed E-state index contributed by atoms with van der Waals surface area (Å²) < 4.78 is 7.11. The van der Waals surface area contributed by atoms with E-state index in [4.69, 9.17) is 4.42 Å². The number of fused-ring (bicyclic) bond motifs is 3. The van der Waals surface area contributed by atoms with E-state index in [0.29, 0.717) is 0 Å². The van der Waals surface area contributed by atoms with Crippen molar-refractivity contribution >= 4 is 3.71 Å². The zero-order chi connectivity index (χ0) is 28.0. The molecule has 0 N–H and O–H groups in total. The minimum absolute atomic E-state index is 0. The van der Waals surface area contributed by atoms with Gasteiger partial charge in [-0.05, 0) is 28.4 Å². The largest absolute Gasteiger partial charge is 0.515 e. The van der Waals surface area contributed by atoms with E-state index in [1.165, 1.54) is 68.7 Å². The van der Waals surface area contributed by atoms with Crippen LogP contribution in [0.5, 0.6) is 0 Å². The van der Waals surface area contributed by atoms with Gasteiger partial charge in [0.15, 0.2) is 0 Å². The minimum Gasteiger partial charge on any atom is -0.515 e. The predicted octanol–water partition coefficient (Wildman–Crippen LogP) is 3.71. The fraction of sp³-hybridized carbons (Fsp3) is 0.243. The van der Waals surface area contributed by atoms with Gasteiger partial charge in [0.1, 0.15) is 0 Å². The summed E-state index contributed by atoms with van der Waals surface area (Å²) in [5.74, 6) is 0. The Bertz CT molecular complexity index is 1390. The second kappa shape index (κ2) is 15.2. The summed E-state index contributed by atoms with van der Waals surface area (Å²) >= 11 is 1.46. The van der Waals surface area contributed by atoms with E-state index in [2.05, 4.69) is 118 Å². The smallest absolute Gasteiger partial charge is 0.0471 e. The molecule has 6 rings (SSSR count). The summed E-state index contributed by atoms with van der Waals surface area (Å²) in [6, 6.07) is 35.6. The van der Waals surface area contributed by atoms with Crippen LogP contribution in [0.1, 0.15) is 69.4 Å². The van der Waals surface area contributed by atoms with E-state index < -0.39 is 0 Å². The van der Waals surface area contributed by atoms with Gasteiger partial charge in [0, 0.05) is 12.5 Å². The van der Waals surface area contributed by atoms with Crippen LogP contribution < -0.4 is 24.8 Å². The van der Waals surface area contributed by atoms with Crippen molar-refractivity contribution in [3.05, 3.63) is 137 Å². The van der Waals surface area contributed by atoms with Crippen molar-refractivity contribution in [2.24, 2.45) is 0 Å². The molecular formula is C37H38Cl2OZr-2. The zero-order valence-electron chi connectivity index (χ0n) is 24.8. The van der Waals surface area contributed by atoms with Gasteiger partial charge in [-0.3, -0.25) is 0 Å². The monoisotopic (exact) mass is 658 g/mol. The summed E-state index contributed by atoms with van der Waals surface area (Å²) in [6.45, 7) is 13.6. The van der Waals surface area contributed by atoms with Crippen LogP contribution in [0.3, 0.4) is 0 Å². The molecule has 1 aliphatic carbocycles. The second-order valence-corrected chi connectivity index (χ2v) is 12.8. The molecule has 0 atom stereocenters. The summed E-state index contributed by atoms with van der Waals surface area (Å²) in [6.07, 6.45) is 4.45. The second-order valence-electron chi connectivity index (χ2n) is 12.1. The first-order valence-electron chi connectivity index (χ1n) is 13.6. The molecule has 212 valence electrons. The Morgan fingerprint density at radius 2 is 1.44 bits per heavy atom. The van der Waals surface area contributed by atoms with Gasteiger partial charge in [0.05, 0.1) is 0 Å². The summed E-state index contributed by atoms with van der Waals surface area (Å²) in [5.41, 5.74) is 12.4. The van der Waals surface area contributed by atoms with E-state index in [1.807, 2.05) is 24.3 Å². The van der Waals surface area contributed by atoms with E-state index in [9.17, 15) is 0 Å². The Kier molecular flexibility index (Phi) is 12.9. The molecule has 1 aliphatic rings. The molecule has 4 heteroatoms. The van der Waals surface area contributed by atoms with Gasteiger partial charge < -0.3 is 29.2 Å². The van der Waals surface area contributed by atoms with Gasteiger partial charge in [-0.25, -0.2) is 0 Å². The van der Waals surface area contributed by atoms with Crippen LogP contribution in [-0.2, 0) is 41.5 Å². The predicted molar refractivity (Wildman–Crippen MR) is 162 cm³/mol. The molecule has 0 fully saturated rings. The van der Waals surface area contributed by atoms with Crippen molar-refractivity contribution < 1.29 is 53.5 Å². The SMILES string of the molecule is CC(C)(C)c1[c-]c2c(cc1)-c1ccc(C(C)(C)C)cc1C2.[Cl-].[Cl-].[Zr+2]=[CH]c1ccccc1.c1cc[c-](-c2ccoc2)c1. The van der Waals surface area contributed by atoms with Crippen LogP contribution in [0.15, 0.2) is 108 Å². The number of halogens is 2. The first-order chi connectivity index (χ1) is 18.6. The zero-order valence-corrected chi connectivity index (χ0v) is 28.7. The number of rotatable bonds is 2. The number of hydrogen-bond donors (Lipinski definition) is 0. The molecule has 0 aliphatic heterocycles. The minimum atomic E-state index is 0. The van der Waals surface area contributed by atoms with E-state index in [0.717, 1.165) is 12.0 Å².